The van der Waals surface area contributed by atoms with Crippen LogP contribution in [0.3, 0.4) is 0 Å². The molecule has 2 aromatic heterocycles. The van der Waals surface area contributed by atoms with Gasteiger partial charge in [0.05, 0.1) is 11.3 Å². The highest BCUT2D eigenvalue weighted by Gasteiger charge is 2.39. The van der Waals surface area contributed by atoms with Crippen LogP contribution in [0.4, 0.5) is 14.6 Å². The molecule has 1 saturated heterocycles. The number of amides is 1. The maximum Gasteiger partial charge on any atom is 0.260 e. The number of hydrogen-bond acceptors (Lipinski definition) is 4. The van der Waals surface area contributed by atoms with Crippen LogP contribution in [-0.2, 0) is 5.41 Å². The monoisotopic (exact) mass is 436 g/mol. The van der Waals surface area contributed by atoms with Gasteiger partial charge in [-0.2, -0.15) is 5.10 Å². The van der Waals surface area contributed by atoms with Gasteiger partial charge in [-0.3, -0.25) is 4.79 Å². The van der Waals surface area contributed by atoms with Gasteiger partial charge in [0.1, 0.15) is 11.9 Å². The number of likely N-dealkylation sites (tertiary alicyclic amines) is 1. The van der Waals surface area contributed by atoms with Gasteiger partial charge in [0, 0.05) is 40.9 Å². The molecule has 30 heavy (non-hydrogen) atoms. The van der Waals surface area contributed by atoms with Crippen molar-refractivity contribution in [1.29, 1.82) is 0 Å². The lowest BCUT2D eigenvalue weighted by molar-refractivity contribution is 0.0537. The summed E-state index contributed by atoms with van der Waals surface area (Å²) in [4.78, 5) is 15.7. The van der Waals surface area contributed by atoms with Crippen LogP contribution in [0.5, 0.6) is 0 Å². The van der Waals surface area contributed by atoms with Crippen LogP contribution in [0, 0.1) is 12.8 Å². The van der Waals surface area contributed by atoms with Crippen molar-refractivity contribution in [3.05, 3.63) is 33.6 Å². The highest BCUT2D eigenvalue weighted by molar-refractivity contribution is 7.10. The van der Waals surface area contributed by atoms with Crippen LogP contribution in [0.15, 0.2) is 17.5 Å². The third kappa shape index (κ3) is 4.11. The van der Waals surface area contributed by atoms with Crippen molar-refractivity contribution in [2.24, 2.45) is 5.92 Å². The quantitative estimate of drug-likeness (QED) is 0.729. The van der Waals surface area contributed by atoms with Gasteiger partial charge in [-0.25, -0.2) is 13.5 Å². The van der Waals surface area contributed by atoms with Crippen molar-refractivity contribution in [2.75, 3.05) is 18.4 Å². The Labute approximate surface area is 180 Å². The lowest BCUT2D eigenvalue weighted by Gasteiger charge is -2.40. The minimum atomic E-state index is -2.45. The number of carbonyl (C=O) groups excluding carboxylic acids is 1. The van der Waals surface area contributed by atoms with Crippen LogP contribution >= 0.6 is 11.3 Å². The Balaban J connectivity index is 1.45. The number of nitrogens with zero attached hydrogens (tertiary/aromatic N) is 3. The van der Waals surface area contributed by atoms with Crippen LogP contribution in [0.2, 0.25) is 0 Å². The van der Waals surface area contributed by atoms with E-state index in [0.717, 1.165) is 29.0 Å². The van der Waals surface area contributed by atoms with Gasteiger partial charge in [-0.1, -0.05) is 20.8 Å². The Kier molecular flexibility index (Phi) is 5.64. The standard InChI is InChI=1S/C22H30F2N4OS/c1-13-9-15(12-30-13)21(29)27-7-5-14(6-8-27)16-10-17(20(23)24)28-19(25-16)11-18(26-28)22(2,3)4/h9,11-12,14,16-17,20,25H,5-8,10H2,1-4H3/t16-,17+/m0/s1. The molecule has 0 aliphatic carbocycles. The summed E-state index contributed by atoms with van der Waals surface area (Å²) in [6.45, 7) is 9.45. The van der Waals surface area contributed by atoms with E-state index in [2.05, 4.69) is 10.4 Å². The molecule has 0 saturated carbocycles. The fourth-order valence-electron chi connectivity index (χ4n) is 4.49. The molecule has 0 radical (unpaired) electrons. The number of hydrogen-bond donors (Lipinski definition) is 1. The lowest BCUT2D eigenvalue weighted by Crippen LogP contribution is -2.46. The van der Waals surface area contributed by atoms with E-state index in [-0.39, 0.29) is 23.3 Å². The van der Waals surface area contributed by atoms with Crippen LogP contribution < -0.4 is 5.32 Å². The smallest absolute Gasteiger partial charge is 0.260 e. The van der Waals surface area contributed by atoms with Crippen molar-refractivity contribution in [1.82, 2.24) is 14.7 Å². The first-order valence-electron chi connectivity index (χ1n) is 10.6. The molecule has 2 aliphatic heterocycles. The van der Waals surface area contributed by atoms with Gasteiger partial charge in [0.2, 0.25) is 0 Å². The minimum absolute atomic E-state index is 0.0262. The Morgan fingerprint density at radius 1 is 1.27 bits per heavy atom. The van der Waals surface area contributed by atoms with Crippen molar-refractivity contribution in [3.63, 3.8) is 0 Å². The minimum Gasteiger partial charge on any atom is -0.367 e. The number of piperidine rings is 1. The number of anilines is 1. The molecule has 5 nitrogen and oxygen atoms in total. The van der Waals surface area contributed by atoms with Crippen LogP contribution in [0.25, 0.3) is 0 Å². The number of rotatable bonds is 3. The third-order valence-electron chi connectivity index (χ3n) is 6.31. The van der Waals surface area contributed by atoms with Gasteiger partial charge in [0.25, 0.3) is 12.3 Å². The largest absolute Gasteiger partial charge is 0.367 e. The number of thiophene rings is 1. The molecule has 2 atom stereocenters. The lowest BCUT2D eigenvalue weighted by atomic mass is 9.84. The van der Waals surface area contributed by atoms with Gasteiger partial charge in [-0.05, 0) is 38.2 Å². The Morgan fingerprint density at radius 3 is 2.53 bits per heavy atom. The van der Waals surface area contributed by atoms with E-state index < -0.39 is 12.5 Å². The van der Waals surface area contributed by atoms with Gasteiger partial charge >= 0.3 is 0 Å². The molecule has 4 rings (SSSR count). The first kappa shape index (κ1) is 21.3. The molecule has 8 heteroatoms. The summed E-state index contributed by atoms with van der Waals surface area (Å²) in [5.41, 5.74) is 1.38. The fraction of sp³-hybridized carbons (Fsp3) is 0.636. The summed E-state index contributed by atoms with van der Waals surface area (Å²) in [6, 6.07) is 2.92. The molecular formula is C22H30F2N4OS. The second-order valence-electron chi connectivity index (χ2n) is 9.57. The molecule has 4 heterocycles. The molecule has 2 aromatic rings. The number of fused-ring (bicyclic) bond motifs is 1. The summed E-state index contributed by atoms with van der Waals surface area (Å²) >= 11 is 1.58. The SMILES string of the molecule is Cc1cc(C(=O)N2CCC([C@@H]3C[C@H](C(F)F)n4nc(C(C)(C)C)cc4N3)CC2)cs1. The topological polar surface area (TPSA) is 50.2 Å². The van der Waals surface area contributed by atoms with Gasteiger partial charge in [0.15, 0.2) is 0 Å². The Bertz CT molecular complexity index is 909. The zero-order valence-corrected chi connectivity index (χ0v) is 18.8. The van der Waals surface area contributed by atoms with E-state index >= 15 is 0 Å². The maximum absolute atomic E-state index is 13.9. The Hall–Kier alpha value is -1.96. The molecule has 1 fully saturated rings. The summed E-state index contributed by atoms with van der Waals surface area (Å²) < 4.78 is 29.2. The zero-order chi connectivity index (χ0) is 21.6. The van der Waals surface area contributed by atoms with Crippen molar-refractivity contribution < 1.29 is 13.6 Å². The molecular weight excluding hydrogens is 406 g/mol. The fourth-order valence-corrected chi connectivity index (χ4v) is 5.17. The van der Waals surface area contributed by atoms with E-state index in [9.17, 15) is 13.6 Å². The predicted octanol–water partition coefficient (Wildman–Crippen LogP) is 5.09. The van der Waals surface area contributed by atoms with E-state index in [1.54, 1.807) is 11.3 Å². The molecule has 0 aromatic carbocycles. The highest BCUT2D eigenvalue weighted by Crippen LogP contribution is 2.38. The average molecular weight is 437 g/mol. The maximum atomic E-state index is 13.9. The number of aryl methyl sites for hydroxylation is 1. The number of alkyl halides is 2. The number of carbonyl (C=O) groups is 1. The molecule has 0 spiro atoms. The molecule has 1 amide bonds. The van der Waals surface area contributed by atoms with Crippen molar-refractivity contribution >= 4 is 23.1 Å². The zero-order valence-electron chi connectivity index (χ0n) is 18.0. The summed E-state index contributed by atoms with van der Waals surface area (Å²) in [6.07, 6.45) is -0.450. The summed E-state index contributed by atoms with van der Waals surface area (Å²) in [5.74, 6) is 1.03. The molecule has 0 bridgehead atoms. The van der Waals surface area contributed by atoms with E-state index in [1.165, 1.54) is 4.68 Å². The van der Waals surface area contributed by atoms with E-state index in [0.29, 0.717) is 25.3 Å². The summed E-state index contributed by atoms with van der Waals surface area (Å²) in [7, 11) is 0. The van der Waals surface area contributed by atoms with Crippen molar-refractivity contribution in [2.45, 2.75) is 70.9 Å². The number of halogens is 2. The van der Waals surface area contributed by atoms with E-state index in [4.69, 9.17) is 0 Å². The predicted molar refractivity (Wildman–Crippen MR) is 116 cm³/mol. The second kappa shape index (κ2) is 7.94. The van der Waals surface area contributed by atoms with Crippen LogP contribution in [0.1, 0.15) is 67.0 Å². The van der Waals surface area contributed by atoms with Crippen molar-refractivity contribution in [3.8, 4) is 0 Å². The first-order chi connectivity index (χ1) is 14.1. The number of aromatic nitrogens is 2. The normalized spacial score (nSPS) is 22.8. The summed E-state index contributed by atoms with van der Waals surface area (Å²) in [5, 5.41) is 9.90. The molecule has 2 aliphatic rings. The Morgan fingerprint density at radius 2 is 1.97 bits per heavy atom. The molecule has 1 N–H and O–H groups in total. The molecule has 164 valence electrons. The van der Waals surface area contributed by atoms with Gasteiger partial charge < -0.3 is 10.2 Å². The van der Waals surface area contributed by atoms with Gasteiger partial charge in [-0.15, -0.1) is 11.3 Å². The third-order valence-corrected chi connectivity index (χ3v) is 7.17. The van der Waals surface area contributed by atoms with E-state index in [1.807, 2.05) is 50.1 Å². The molecule has 0 unspecified atom stereocenters. The van der Waals surface area contributed by atoms with Crippen LogP contribution in [-0.4, -0.2) is 46.1 Å². The second-order valence-corrected chi connectivity index (χ2v) is 10.7. The first-order valence-corrected chi connectivity index (χ1v) is 11.5. The highest BCUT2D eigenvalue weighted by atomic mass is 32.1. The number of nitrogens with one attached hydrogen (secondary N) is 1. The average Bonchev–Trinajstić information content (AvgIpc) is 3.32.